The number of fused-ring (bicyclic) bond motifs is 1. The van der Waals surface area contributed by atoms with Gasteiger partial charge in [0.25, 0.3) is 5.88 Å². The van der Waals surface area contributed by atoms with Gasteiger partial charge in [-0.05, 0) is 17.5 Å². The highest BCUT2D eigenvalue weighted by Gasteiger charge is 2.46. The van der Waals surface area contributed by atoms with Crippen LogP contribution < -0.4 is 14.8 Å². The van der Waals surface area contributed by atoms with E-state index in [0.717, 1.165) is 4.90 Å². The average molecular weight is 481 g/mol. The lowest BCUT2D eigenvalue weighted by Gasteiger charge is -2.34. The van der Waals surface area contributed by atoms with Crippen molar-refractivity contribution in [2.75, 3.05) is 13.7 Å². The number of rotatable bonds is 6. The Morgan fingerprint density at radius 3 is 2.48 bits per heavy atom. The summed E-state index contributed by atoms with van der Waals surface area (Å²) in [7, 11) is 1.52. The van der Waals surface area contributed by atoms with E-state index in [4.69, 9.17) is 26.2 Å². The van der Waals surface area contributed by atoms with Crippen molar-refractivity contribution in [3.8, 4) is 11.6 Å². The van der Waals surface area contributed by atoms with Gasteiger partial charge in [0.15, 0.2) is 5.15 Å². The van der Waals surface area contributed by atoms with E-state index in [2.05, 4.69) is 15.3 Å². The van der Waals surface area contributed by atoms with E-state index < -0.39 is 41.6 Å². The molecule has 0 saturated carbocycles. The summed E-state index contributed by atoms with van der Waals surface area (Å²) in [6, 6.07) is 2.71. The summed E-state index contributed by atoms with van der Waals surface area (Å²) in [5.74, 6) is -1.31. The normalized spacial score (nSPS) is 19.2. The predicted octanol–water partition coefficient (Wildman–Crippen LogP) is 2.41. The number of hydrogen-bond donors (Lipinski definition) is 3. The minimum absolute atomic E-state index is 0.00288. The van der Waals surface area contributed by atoms with Gasteiger partial charge < -0.3 is 29.9 Å². The molecule has 33 heavy (non-hydrogen) atoms. The molecule has 1 aliphatic heterocycles. The molecule has 0 unspecified atom stereocenters. The second kappa shape index (κ2) is 9.26. The van der Waals surface area contributed by atoms with Crippen molar-refractivity contribution in [2.24, 2.45) is 5.41 Å². The van der Waals surface area contributed by atoms with Crippen molar-refractivity contribution in [2.45, 2.75) is 45.4 Å². The van der Waals surface area contributed by atoms with Crippen LogP contribution >= 0.6 is 11.6 Å². The molecule has 1 saturated heterocycles. The van der Waals surface area contributed by atoms with Crippen LogP contribution in [0.4, 0.5) is 4.79 Å². The molecule has 1 aliphatic rings. The maximum Gasteiger partial charge on any atom is 0.405 e. The first-order chi connectivity index (χ1) is 15.4. The van der Waals surface area contributed by atoms with E-state index in [-0.39, 0.29) is 24.0 Å². The van der Waals surface area contributed by atoms with Gasteiger partial charge >= 0.3 is 12.1 Å². The van der Waals surface area contributed by atoms with Gasteiger partial charge in [-0.3, -0.25) is 4.79 Å². The fourth-order valence-corrected chi connectivity index (χ4v) is 3.83. The Morgan fingerprint density at radius 2 is 1.91 bits per heavy atom. The molecule has 1 fully saturated rings. The molecule has 3 rings (SSSR count). The third-order valence-electron chi connectivity index (χ3n) is 5.29. The molecule has 3 N–H and O–H groups in total. The molecule has 0 spiro atoms. The molecular formula is C21H25ClN4O7. The molecular weight excluding hydrogens is 456 g/mol. The van der Waals surface area contributed by atoms with Crippen LogP contribution in [0.25, 0.3) is 11.0 Å². The number of carbonyl (C=O) groups is 3. The van der Waals surface area contributed by atoms with Crippen LogP contribution in [-0.2, 0) is 9.59 Å². The summed E-state index contributed by atoms with van der Waals surface area (Å²) in [4.78, 5) is 46.0. The molecule has 1 aromatic carbocycles. The van der Waals surface area contributed by atoms with Gasteiger partial charge in [-0.1, -0.05) is 32.4 Å². The highest BCUT2D eigenvalue weighted by Crippen LogP contribution is 2.31. The predicted molar refractivity (Wildman–Crippen MR) is 118 cm³/mol. The van der Waals surface area contributed by atoms with Gasteiger partial charge in [-0.15, -0.1) is 0 Å². The van der Waals surface area contributed by atoms with Crippen LogP contribution in [0.2, 0.25) is 5.15 Å². The Hall–Kier alpha value is -3.34. The number of amides is 2. The van der Waals surface area contributed by atoms with Crippen LogP contribution in [0, 0.1) is 5.41 Å². The lowest BCUT2D eigenvalue weighted by atomic mass is 9.85. The highest BCUT2D eigenvalue weighted by molar-refractivity contribution is 6.31. The van der Waals surface area contributed by atoms with Crippen LogP contribution in [0.15, 0.2) is 18.2 Å². The maximum atomic E-state index is 13.2. The number of nitrogens with one attached hydrogen (secondary N) is 1. The number of halogens is 1. The summed E-state index contributed by atoms with van der Waals surface area (Å²) < 4.78 is 11.0. The van der Waals surface area contributed by atoms with Gasteiger partial charge in [0, 0.05) is 12.5 Å². The SMILES string of the molecule is COc1ccc2nc(Cl)c(O[C@@H]3C[C@@H](C(=O)O)N(C(=O)[C@@H](NC(=O)O)C(C)(C)C)C3)nc2c1. The molecule has 11 nitrogen and oxygen atoms in total. The molecule has 12 heteroatoms. The van der Waals surface area contributed by atoms with Crippen LogP contribution in [0.3, 0.4) is 0 Å². The first kappa shape index (κ1) is 24.3. The molecule has 1 aromatic heterocycles. The standard InChI is InChI=1S/C21H25ClN4O7/c1-21(2,3)15(25-20(30)31)18(27)26-9-11(8-14(26)19(28)29)33-17-16(22)23-12-6-5-10(32-4)7-13(12)24-17/h5-7,11,14-15,25H,8-9H2,1-4H3,(H,28,29)(H,30,31)/t11-,14+,15-/m1/s1. The molecule has 2 aromatic rings. The summed E-state index contributed by atoms with van der Waals surface area (Å²) in [6.07, 6.45) is -2.15. The molecule has 2 amide bonds. The molecule has 0 radical (unpaired) electrons. The van der Waals surface area contributed by atoms with Crippen molar-refractivity contribution in [3.63, 3.8) is 0 Å². The first-order valence-electron chi connectivity index (χ1n) is 10.1. The van der Waals surface area contributed by atoms with Crippen molar-refractivity contribution >= 4 is 40.6 Å². The van der Waals surface area contributed by atoms with Crippen LogP contribution in [0.5, 0.6) is 11.6 Å². The summed E-state index contributed by atoms with van der Waals surface area (Å²) in [5, 5.41) is 21.0. The minimum atomic E-state index is -1.38. The van der Waals surface area contributed by atoms with E-state index in [0.29, 0.717) is 16.8 Å². The van der Waals surface area contributed by atoms with Crippen LogP contribution in [-0.4, -0.2) is 74.9 Å². The number of aliphatic carboxylic acids is 1. The summed E-state index contributed by atoms with van der Waals surface area (Å²) in [6.45, 7) is 4.97. The topological polar surface area (TPSA) is 151 Å². The van der Waals surface area contributed by atoms with Crippen molar-refractivity contribution < 1.29 is 34.1 Å². The largest absolute Gasteiger partial charge is 0.497 e. The zero-order valence-electron chi connectivity index (χ0n) is 18.5. The zero-order valence-corrected chi connectivity index (χ0v) is 19.3. The number of aromatic nitrogens is 2. The smallest absolute Gasteiger partial charge is 0.405 e. The van der Waals surface area contributed by atoms with E-state index in [9.17, 15) is 19.5 Å². The number of benzene rings is 1. The third kappa shape index (κ3) is 5.36. The number of carbonyl (C=O) groups excluding carboxylic acids is 1. The monoisotopic (exact) mass is 480 g/mol. The van der Waals surface area contributed by atoms with Gasteiger partial charge in [0.05, 0.1) is 24.7 Å². The second-order valence-corrected chi connectivity index (χ2v) is 9.10. The van der Waals surface area contributed by atoms with Gasteiger partial charge in [-0.2, -0.15) is 0 Å². The molecule has 2 heterocycles. The van der Waals surface area contributed by atoms with E-state index in [1.165, 1.54) is 7.11 Å². The van der Waals surface area contributed by atoms with Crippen molar-refractivity contribution in [3.05, 3.63) is 23.4 Å². The van der Waals surface area contributed by atoms with E-state index in [1.807, 2.05) is 0 Å². The number of likely N-dealkylation sites (tertiary alicyclic amines) is 1. The Morgan fingerprint density at radius 1 is 1.21 bits per heavy atom. The second-order valence-electron chi connectivity index (χ2n) is 8.74. The van der Waals surface area contributed by atoms with Gasteiger partial charge in [-0.25, -0.2) is 19.6 Å². The lowest BCUT2D eigenvalue weighted by molar-refractivity contribution is -0.150. The number of hydrogen-bond acceptors (Lipinski definition) is 7. The number of methoxy groups -OCH3 is 1. The average Bonchev–Trinajstić information content (AvgIpc) is 3.15. The highest BCUT2D eigenvalue weighted by atomic mass is 35.5. The van der Waals surface area contributed by atoms with E-state index in [1.54, 1.807) is 39.0 Å². The summed E-state index contributed by atoms with van der Waals surface area (Å²) in [5.41, 5.74) is 0.199. The first-order valence-corrected chi connectivity index (χ1v) is 10.5. The quantitative estimate of drug-likeness (QED) is 0.565. The Balaban J connectivity index is 1.86. The number of ether oxygens (including phenoxy) is 2. The summed E-state index contributed by atoms with van der Waals surface area (Å²) >= 11 is 6.22. The number of carboxylic acids is 1. The molecule has 0 bridgehead atoms. The molecule has 3 atom stereocenters. The Labute approximate surface area is 194 Å². The van der Waals surface area contributed by atoms with Gasteiger partial charge in [0.1, 0.15) is 23.9 Å². The number of nitrogens with zero attached hydrogens (tertiary/aromatic N) is 3. The van der Waals surface area contributed by atoms with Crippen LogP contribution in [0.1, 0.15) is 27.2 Å². The lowest BCUT2D eigenvalue weighted by Crippen LogP contribution is -2.56. The maximum absolute atomic E-state index is 13.2. The molecule has 0 aliphatic carbocycles. The third-order valence-corrected chi connectivity index (χ3v) is 5.54. The van der Waals surface area contributed by atoms with E-state index >= 15 is 0 Å². The van der Waals surface area contributed by atoms with Gasteiger partial charge in [0.2, 0.25) is 5.91 Å². The fourth-order valence-electron chi connectivity index (χ4n) is 3.65. The van der Waals surface area contributed by atoms with Crippen molar-refractivity contribution in [1.29, 1.82) is 0 Å². The number of carboxylic acid groups (broad SMARTS) is 2. The fraction of sp³-hybridized carbons (Fsp3) is 0.476. The zero-order chi connectivity index (χ0) is 24.5. The Kier molecular flexibility index (Phi) is 6.82. The minimum Gasteiger partial charge on any atom is -0.497 e. The van der Waals surface area contributed by atoms with Crippen molar-refractivity contribution in [1.82, 2.24) is 20.2 Å². The molecule has 178 valence electrons. The Bertz CT molecular complexity index is 1090.